The van der Waals surface area contributed by atoms with Gasteiger partial charge in [0.15, 0.2) is 11.5 Å². The van der Waals surface area contributed by atoms with Gasteiger partial charge in [-0.1, -0.05) is 24.3 Å². The number of para-hydroxylation sites is 4. The third-order valence-corrected chi connectivity index (χ3v) is 5.44. The number of carbonyl (C=O) groups is 1. The molecule has 1 N–H and O–H groups in total. The Morgan fingerprint density at radius 1 is 0.941 bits per heavy atom. The van der Waals surface area contributed by atoms with Gasteiger partial charge in [-0.15, -0.1) is 0 Å². The van der Waals surface area contributed by atoms with Crippen LogP contribution in [0.15, 0.2) is 72.8 Å². The normalized spacial score (nSPS) is 10.8. The summed E-state index contributed by atoms with van der Waals surface area (Å²) in [7, 11) is 1.60. The number of methoxy groups -OCH3 is 1. The molecule has 7 nitrogen and oxygen atoms in total. The maximum Gasteiger partial charge on any atom is 0.251 e. The molecular weight excluding hydrogens is 430 g/mol. The van der Waals surface area contributed by atoms with Gasteiger partial charge in [0.05, 0.1) is 31.3 Å². The number of hydrogen-bond acceptors (Lipinski definition) is 5. The molecule has 7 heteroatoms. The number of ether oxygens (including phenoxy) is 3. The Labute approximate surface area is 199 Å². The van der Waals surface area contributed by atoms with Crippen LogP contribution in [0.1, 0.15) is 23.1 Å². The second-order valence-electron chi connectivity index (χ2n) is 7.63. The first-order valence-corrected chi connectivity index (χ1v) is 11.4. The molecule has 0 bridgehead atoms. The molecule has 0 saturated heterocycles. The van der Waals surface area contributed by atoms with E-state index < -0.39 is 0 Å². The van der Waals surface area contributed by atoms with Crippen LogP contribution in [0.4, 0.5) is 0 Å². The molecule has 0 radical (unpaired) electrons. The van der Waals surface area contributed by atoms with Crippen molar-refractivity contribution in [1.29, 1.82) is 0 Å². The quantitative estimate of drug-likeness (QED) is 0.358. The molecule has 0 aliphatic rings. The number of fused-ring (bicyclic) bond motifs is 1. The summed E-state index contributed by atoms with van der Waals surface area (Å²) in [5.41, 5.74) is 2.56. The molecule has 1 aromatic heterocycles. The van der Waals surface area contributed by atoms with Crippen molar-refractivity contribution in [2.75, 3.05) is 26.9 Å². The Morgan fingerprint density at radius 2 is 1.65 bits per heavy atom. The maximum atomic E-state index is 12.5. The number of aromatic nitrogens is 2. The van der Waals surface area contributed by atoms with Crippen molar-refractivity contribution in [2.45, 2.75) is 19.9 Å². The highest BCUT2D eigenvalue weighted by atomic mass is 16.5. The summed E-state index contributed by atoms with van der Waals surface area (Å²) in [4.78, 5) is 17.3. The van der Waals surface area contributed by atoms with Crippen LogP contribution in [-0.2, 0) is 13.0 Å². The molecule has 176 valence electrons. The monoisotopic (exact) mass is 459 g/mol. The minimum Gasteiger partial charge on any atom is -0.497 e. The number of hydrogen-bond donors (Lipinski definition) is 1. The van der Waals surface area contributed by atoms with Crippen molar-refractivity contribution in [3.8, 4) is 17.2 Å². The van der Waals surface area contributed by atoms with E-state index in [0.29, 0.717) is 38.3 Å². The molecule has 1 heterocycles. The van der Waals surface area contributed by atoms with Crippen LogP contribution in [0, 0.1) is 0 Å². The van der Waals surface area contributed by atoms with Crippen LogP contribution in [0.25, 0.3) is 11.0 Å². The van der Waals surface area contributed by atoms with E-state index >= 15 is 0 Å². The third-order valence-electron chi connectivity index (χ3n) is 5.44. The van der Waals surface area contributed by atoms with Gasteiger partial charge in [-0.25, -0.2) is 4.98 Å². The Bertz CT molecular complexity index is 1230. The van der Waals surface area contributed by atoms with E-state index in [1.54, 1.807) is 31.4 Å². The highest BCUT2D eigenvalue weighted by molar-refractivity contribution is 5.94. The summed E-state index contributed by atoms with van der Waals surface area (Å²) in [5.74, 6) is 2.96. The molecule has 1 amide bonds. The third kappa shape index (κ3) is 5.49. The fraction of sp³-hybridized carbons (Fsp3) is 0.259. The molecule has 0 fully saturated rings. The molecular formula is C27H29N3O4. The average molecular weight is 460 g/mol. The second-order valence-corrected chi connectivity index (χ2v) is 7.63. The largest absolute Gasteiger partial charge is 0.497 e. The van der Waals surface area contributed by atoms with E-state index in [-0.39, 0.29) is 5.91 Å². The molecule has 0 unspecified atom stereocenters. The van der Waals surface area contributed by atoms with Gasteiger partial charge in [-0.2, -0.15) is 0 Å². The summed E-state index contributed by atoms with van der Waals surface area (Å²) in [6.07, 6.45) is 0.603. The van der Waals surface area contributed by atoms with Gasteiger partial charge in [0.25, 0.3) is 5.91 Å². The fourth-order valence-electron chi connectivity index (χ4n) is 3.79. The molecule has 3 aromatic carbocycles. The van der Waals surface area contributed by atoms with Crippen LogP contribution in [-0.4, -0.2) is 42.3 Å². The Hall–Kier alpha value is -4.00. The summed E-state index contributed by atoms with van der Waals surface area (Å²) in [6, 6.07) is 22.8. The highest BCUT2D eigenvalue weighted by Crippen LogP contribution is 2.26. The smallest absolute Gasteiger partial charge is 0.251 e. The van der Waals surface area contributed by atoms with E-state index in [4.69, 9.17) is 19.2 Å². The van der Waals surface area contributed by atoms with Crippen molar-refractivity contribution in [2.24, 2.45) is 0 Å². The van der Waals surface area contributed by atoms with Crippen molar-refractivity contribution in [3.05, 3.63) is 84.2 Å². The molecule has 4 rings (SSSR count). The van der Waals surface area contributed by atoms with Gasteiger partial charge in [0, 0.05) is 18.5 Å². The Morgan fingerprint density at radius 3 is 2.38 bits per heavy atom. The van der Waals surface area contributed by atoms with Gasteiger partial charge in [-0.3, -0.25) is 4.79 Å². The number of amides is 1. The summed E-state index contributed by atoms with van der Waals surface area (Å²) in [5, 5.41) is 2.98. The number of benzene rings is 3. The number of nitrogens with one attached hydrogen (secondary N) is 1. The molecule has 0 aliphatic heterocycles. The van der Waals surface area contributed by atoms with Crippen LogP contribution >= 0.6 is 0 Å². The average Bonchev–Trinajstić information content (AvgIpc) is 3.22. The lowest BCUT2D eigenvalue weighted by molar-refractivity contribution is 0.0954. The molecule has 0 saturated carbocycles. The lowest BCUT2D eigenvalue weighted by Gasteiger charge is -2.14. The van der Waals surface area contributed by atoms with Gasteiger partial charge >= 0.3 is 0 Å². The van der Waals surface area contributed by atoms with Gasteiger partial charge in [0.2, 0.25) is 0 Å². The number of imidazole rings is 1. The van der Waals surface area contributed by atoms with Gasteiger partial charge < -0.3 is 24.1 Å². The predicted molar refractivity (Wildman–Crippen MR) is 132 cm³/mol. The van der Waals surface area contributed by atoms with Crippen LogP contribution in [0.3, 0.4) is 0 Å². The zero-order valence-corrected chi connectivity index (χ0v) is 19.5. The van der Waals surface area contributed by atoms with Gasteiger partial charge in [-0.05, 0) is 55.5 Å². The first-order valence-electron chi connectivity index (χ1n) is 11.4. The molecule has 4 aromatic rings. The van der Waals surface area contributed by atoms with Gasteiger partial charge in [0.1, 0.15) is 18.2 Å². The molecule has 0 aliphatic carbocycles. The molecule has 0 atom stereocenters. The summed E-state index contributed by atoms with van der Waals surface area (Å²) >= 11 is 0. The van der Waals surface area contributed by atoms with Crippen LogP contribution in [0.2, 0.25) is 0 Å². The summed E-state index contributed by atoms with van der Waals surface area (Å²) < 4.78 is 19.0. The lowest BCUT2D eigenvalue weighted by atomic mass is 10.2. The number of carbonyl (C=O) groups excluding carboxylic acids is 1. The highest BCUT2D eigenvalue weighted by Gasteiger charge is 2.12. The number of nitrogens with zero attached hydrogens (tertiary/aromatic N) is 2. The first kappa shape index (κ1) is 23.2. The van der Waals surface area contributed by atoms with Crippen LogP contribution in [0.5, 0.6) is 17.2 Å². The Balaban J connectivity index is 1.41. The lowest BCUT2D eigenvalue weighted by Crippen LogP contribution is -2.26. The van der Waals surface area contributed by atoms with Crippen molar-refractivity contribution < 1.29 is 19.0 Å². The molecule has 0 spiro atoms. The SMILES string of the molecule is CCOc1ccccc1OCCn1c(CCNC(=O)c2ccc(OC)cc2)nc2ccccc21. The van der Waals surface area contributed by atoms with Crippen LogP contribution < -0.4 is 19.5 Å². The van der Waals surface area contributed by atoms with E-state index in [0.717, 1.165) is 34.1 Å². The molecule has 34 heavy (non-hydrogen) atoms. The predicted octanol–water partition coefficient (Wildman–Crippen LogP) is 4.50. The van der Waals surface area contributed by atoms with E-state index in [9.17, 15) is 4.79 Å². The van der Waals surface area contributed by atoms with Crippen molar-refractivity contribution >= 4 is 16.9 Å². The van der Waals surface area contributed by atoms with E-state index in [2.05, 4.69) is 16.0 Å². The second kappa shape index (κ2) is 11.2. The zero-order valence-electron chi connectivity index (χ0n) is 19.5. The van der Waals surface area contributed by atoms with E-state index in [1.807, 2.05) is 49.4 Å². The minimum absolute atomic E-state index is 0.124. The zero-order chi connectivity index (χ0) is 23.8. The van der Waals surface area contributed by atoms with E-state index in [1.165, 1.54) is 0 Å². The summed E-state index contributed by atoms with van der Waals surface area (Å²) in [6.45, 7) is 4.10. The maximum absolute atomic E-state index is 12.5. The standard InChI is InChI=1S/C27H29N3O4/c1-3-33-24-10-6-7-11-25(24)34-19-18-30-23-9-5-4-8-22(23)29-26(30)16-17-28-27(31)20-12-14-21(32-2)15-13-20/h4-15H,3,16-19H2,1-2H3,(H,28,31). The van der Waals surface area contributed by atoms with Crippen molar-refractivity contribution in [1.82, 2.24) is 14.9 Å². The fourth-order valence-corrected chi connectivity index (χ4v) is 3.79. The minimum atomic E-state index is -0.124. The topological polar surface area (TPSA) is 74.6 Å². The van der Waals surface area contributed by atoms with Crippen molar-refractivity contribution in [3.63, 3.8) is 0 Å². The first-order chi connectivity index (χ1) is 16.7. The Kier molecular flexibility index (Phi) is 7.65. The number of rotatable bonds is 11.